The van der Waals surface area contributed by atoms with Gasteiger partial charge in [-0.1, -0.05) is 25.4 Å². The highest BCUT2D eigenvalue weighted by Crippen LogP contribution is 2.45. The average Bonchev–Trinajstić information content (AvgIpc) is 3.21. The maximum absolute atomic E-state index is 12.2. The summed E-state index contributed by atoms with van der Waals surface area (Å²) in [6.07, 6.45) is 4.77. The monoisotopic (exact) mass is 513 g/mol. The molecule has 4 rings (SSSR count). The third-order valence-corrected chi connectivity index (χ3v) is 7.06. The zero-order valence-electron chi connectivity index (χ0n) is 21.1. The number of rotatable bonds is 6. The lowest BCUT2D eigenvalue weighted by Gasteiger charge is -2.39. The molecule has 0 saturated carbocycles. The highest BCUT2D eigenvalue weighted by Gasteiger charge is 2.50. The number of carbonyl (C=O) groups is 1. The molecule has 10 heteroatoms. The average molecular weight is 514 g/mol. The molecule has 1 saturated heterocycles. The summed E-state index contributed by atoms with van der Waals surface area (Å²) in [4.78, 5) is 28.0. The summed E-state index contributed by atoms with van der Waals surface area (Å²) >= 11 is 6.40. The van der Waals surface area contributed by atoms with Crippen molar-refractivity contribution >= 4 is 29.3 Å². The Morgan fingerprint density at radius 3 is 2.53 bits per heavy atom. The van der Waals surface area contributed by atoms with Crippen LogP contribution in [0.3, 0.4) is 0 Å². The van der Waals surface area contributed by atoms with Crippen LogP contribution >= 0.6 is 11.6 Å². The maximum Gasteiger partial charge on any atom is 0.409 e. The fourth-order valence-corrected chi connectivity index (χ4v) is 5.12. The van der Waals surface area contributed by atoms with Crippen molar-refractivity contribution in [3.8, 4) is 11.5 Å². The van der Waals surface area contributed by atoms with Gasteiger partial charge in [0.15, 0.2) is 5.82 Å². The van der Waals surface area contributed by atoms with Gasteiger partial charge in [-0.2, -0.15) is 0 Å². The molecule has 192 valence electrons. The van der Waals surface area contributed by atoms with Crippen molar-refractivity contribution in [2.75, 3.05) is 26.8 Å². The van der Waals surface area contributed by atoms with Gasteiger partial charge in [0.05, 0.1) is 24.5 Å². The molecule has 0 spiro atoms. The minimum absolute atomic E-state index is 0.0241. The lowest BCUT2D eigenvalue weighted by Crippen LogP contribution is -2.45. The molecule has 2 aliphatic heterocycles. The number of halogens is 1. The van der Waals surface area contributed by atoms with E-state index in [2.05, 4.69) is 23.8 Å². The first-order chi connectivity index (χ1) is 17.3. The molecule has 0 radical (unpaired) electrons. The van der Waals surface area contributed by atoms with Gasteiger partial charge < -0.3 is 19.1 Å². The number of aromatic nitrogens is 2. The smallest absolute Gasteiger partial charge is 0.409 e. The van der Waals surface area contributed by atoms with Crippen LogP contribution in [0.1, 0.15) is 57.3 Å². The number of benzene rings is 1. The number of nitrogens with one attached hydrogen (secondary N) is 1. The molecule has 3 heterocycles. The van der Waals surface area contributed by atoms with Crippen LogP contribution in [-0.2, 0) is 10.3 Å². The second-order valence-corrected chi connectivity index (χ2v) is 9.72. The van der Waals surface area contributed by atoms with Crippen molar-refractivity contribution in [3.63, 3.8) is 0 Å². The van der Waals surface area contributed by atoms with Gasteiger partial charge in [0.1, 0.15) is 17.0 Å². The van der Waals surface area contributed by atoms with E-state index >= 15 is 0 Å². The van der Waals surface area contributed by atoms with Crippen LogP contribution in [0.25, 0.3) is 0 Å². The zero-order chi connectivity index (χ0) is 25.9. The van der Waals surface area contributed by atoms with E-state index in [1.807, 2.05) is 6.07 Å². The van der Waals surface area contributed by atoms with Crippen molar-refractivity contribution in [2.45, 2.75) is 51.5 Å². The van der Waals surface area contributed by atoms with Gasteiger partial charge in [-0.05, 0) is 43.7 Å². The van der Waals surface area contributed by atoms with E-state index in [0.717, 1.165) is 5.56 Å². The van der Waals surface area contributed by atoms with Gasteiger partial charge in [0.2, 0.25) is 5.90 Å². The molecule has 0 bridgehead atoms. The molecular formula is C26H32ClN5O4. The topological polar surface area (TPSA) is 110 Å². The van der Waals surface area contributed by atoms with Gasteiger partial charge in [0.25, 0.3) is 0 Å². The molecule has 1 aromatic heterocycles. The Bertz CT molecular complexity index is 1150. The van der Waals surface area contributed by atoms with Crippen molar-refractivity contribution in [2.24, 2.45) is 10.9 Å². The fraction of sp³-hybridized carbons (Fsp3) is 0.500. The van der Waals surface area contributed by atoms with E-state index in [9.17, 15) is 4.79 Å². The van der Waals surface area contributed by atoms with Crippen molar-refractivity contribution in [1.29, 1.82) is 5.41 Å². The number of likely N-dealkylation sites (tertiary alicyclic amines) is 1. The molecule has 1 amide bonds. The summed E-state index contributed by atoms with van der Waals surface area (Å²) in [5, 5.41) is 9.22. The Hall–Kier alpha value is -3.20. The van der Waals surface area contributed by atoms with Gasteiger partial charge in [0, 0.05) is 43.5 Å². The first-order valence-corrected chi connectivity index (χ1v) is 12.6. The number of aliphatic imine (C=N–C) groups is 1. The number of nitrogens with zero attached hydrogens (tertiary/aromatic N) is 4. The highest BCUT2D eigenvalue weighted by molar-refractivity contribution is 6.40. The first kappa shape index (κ1) is 25.9. The molecule has 2 aliphatic rings. The van der Waals surface area contributed by atoms with Crippen LogP contribution in [0.2, 0.25) is 5.02 Å². The van der Waals surface area contributed by atoms with E-state index in [0.29, 0.717) is 61.3 Å². The Labute approximate surface area is 216 Å². The van der Waals surface area contributed by atoms with Crippen molar-refractivity contribution in [1.82, 2.24) is 14.9 Å². The molecule has 36 heavy (non-hydrogen) atoms. The first-order valence-electron chi connectivity index (χ1n) is 12.2. The standard InChI is InChI=1S/C26H32ClN5O4/c1-5-35-25(33)32-11-7-17(8-12-32)26(24-29-9-6-10-30-24)15-20(28)23(31-26)36-21-14-19(27)22(34-4)13-18(21)16(2)3/h6,9-10,13-14,16-17,28H,5,7-8,11-12,15H2,1-4H3. The van der Waals surface area contributed by atoms with E-state index < -0.39 is 5.54 Å². The van der Waals surface area contributed by atoms with Crippen LogP contribution < -0.4 is 9.47 Å². The second kappa shape index (κ2) is 10.8. The Kier molecular flexibility index (Phi) is 7.78. The number of hydrogen-bond acceptors (Lipinski definition) is 8. The summed E-state index contributed by atoms with van der Waals surface area (Å²) in [6, 6.07) is 5.33. The third kappa shape index (κ3) is 5.02. The van der Waals surface area contributed by atoms with E-state index in [4.69, 9.17) is 36.2 Å². The van der Waals surface area contributed by atoms with Crippen molar-refractivity contribution < 1.29 is 19.0 Å². The minimum Gasteiger partial charge on any atom is -0.495 e. The number of ether oxygens (including phenoxy) is 3. The van der Waals surface area contributed by atoms with Gasteiger partial charge >= 0.3 is 6.09 Å². The van der Waals surface area contributed by atoms with Crippen LogP contribution in [0.15, 0.2) is 35.6 Å². The molecule has 0 aliphatic carbocycles. The van der Waals surface area contributed by atoms with Gasteiger partial charge in [-0.3, -0.25) is 5.41 Å². The fourth-order valence-electron chi connectivity index (χ4n) is 4.89. The number of carbonyl (C=O) groups excluding carboxylic acids is 1. The Balaban J connectivity index is 1.68. The lowest BCUT2D eigenvalue weighted by atomic mass is 9.75. The number of methoxy groups -OCH3 is 1. The SMILES string of the molecule is CCOC(=O)N1CCC(C2(c3ncccn3)CC(=N)C(Oc3cc(Cl)c(OC)cc3C(C)C)=N2)CC1. The van der Waals surface area contributed by atoms with Gasteiger partial charge in [-0.15, -0.1) is 0 Å². The predicted molar refractivity (Wildman–Crippen MR) is 138 cm³/mol. The largest absolute Gasteiger partial charge is 0.495 e. The molecule has 2 aromatic rings. The van der Waals surface area contributed by atoms with Crippen molar-refractivity contribution in [3.05, 3.63) is 47.0 Å². The molecule has 1 fully saturated rings. The van der Waals surface area contributed by atoms with Crippen LogP contribution in [0, 0.1) is 11.3 Å². The molecule has 1 aromatic carbocycles. The van der Waals surface area contributed by atoms with E-state index in [1.165, 1.54) is 0 Å². The number of amides is 1. The van der Waals surface area contributed by atoms with E-state index in [1.54, 1.807) is 43.5 Å². The van der Waals surface area contributed by atoms with Crippen LogP contribution in [0.4, 0.5) is 4.79 Å². The van der Waals surface area contributed by atoms with Crippen LogP contribution in [0.5, 0.6) is 11.5 Å². The minimum atomic E-state index is -0.845. The summed E-state index contributed by atoms with van der Waals surface area (Å²) in [7, 11) is 1.57. The molecule has 1 N–H and O–H groups in total. The van der Waals surface area contributed by atoms with E-state index in [-0.39, 0.29) is 29.5 Å². The molecule has 9 nitrogen and oxygen atoms in total. The van der Waals surface area contributed by atoms with Gasteiger partial charge in [-0.25, -0.2) is 19.8 Å². The quantitative estimate of drug-likeness (QED) is 0.566. The Morgan fingerprint density at radius 2 is 1.92 bits per heavy atom. The zero-order valence-corrected chi connectivity index (χ0v) is 21.8. The summed E-state index contributed by atoms with van der Waals surface area (Å²) in [6.45, 7) is 7.34. The van der Waals surface area contributed by atoms with Crippen LogP contribution in [-0.4, -0.2) is 59.4 Å². The predicted octanol–water partition coefficient (Wildman–Crippen LogP) is 5.23. The Morgan fingerprint density at radius 1 is 1.22 bits per heavy atom. The summed E-state index contributed by atoms with van der Waals surface area (Å²) in [5.74, 6) is 2.06. The highest BCUT2D eigenvalue weighted by atomic mass is 35.5. The summed E-state index contributed by atoms with van der Waals surface area (Å²) < 4.78 is 16.8. The second-order valence-electron chi connectivity index (χ2n) is 9.31. The summed E-state index contributed by atoms with van der Waals surface area (Å²) in [5.41, 5.74) is 0.336. The number of piperidine rings is 1. The number of hydrogen-bond donors (Lipinski definition) is 1. The molecule has 1 atom stereocenters. The normalized spacial score (nSPS) is 20.4. The molecule has 1 unspecified atom stereocenters. The third-order valence-electron chi connectivity index (χ3n) is 6.77. The molecular weight excluding hydrogens is 482 g/mol. The maximum atomic E-state index is 12.2. The lowest BCUT2D eigenvalue weighted by molar-refractivity contribution is 0.0793.